The van der Waals surface area contributed by atoms with Gasteiger partial charge in [-0.15, -0.1) is 0 Å². The summed E-state index contributed by atoms with van der Waals surface area (Å²) in [6, 6.07) is 2.17. The molecule has 0 spiro atoms. The van der Waals surface area contributed by atoms with Gasteiger partial charge in [-0.25, -0.2) is 14.4 Å². The Hall–Kier alpha value is -4.81. The number of unbranched alkanes of at least 4 members (excludes halogenated alkanes) is 24. The topological polar surface area (TPSA) is 173 Å². The van der Waals surface area contributed by atoms with Crippen LogP contribution in [0.3, 0.4) is 0 Å². The van der Waals surface area contributed by atoms with Gasteiger partial charge in [0, 0.05) is 23.8 Å². The van der Waals surface area contributed by atoms with E-state index in [1.54, 1.807) is 12.1 Å². The molecule has 0 aliphatic heterocycles. The molecule has 0 aliphatic rings. The van der Waals surface area contributed by atoms with Crippen molar-refractivity contribution in [2.75, 3.05) is 39.6 Å². The van der Waals surface area contributed by atoms with Gasteiger partial charge in [0.25, 0.3) is 5.91 Å². The quantitative estimate of drug-likeness (QED) is 0.0275. The van der Waals surface area contributed by atoms with Gasteiger partial charge in [0.05, 0.1) is 39.6 Å². The maximum atomic E-state index is 13.3. The van der Waals surface area contributed by atoms with Crippen LogP contribution in [0.5, 0.6) is 17.2 Å². The molecule has 13 heteroatoms. The van der Waals surface area contributed by atoms with Gasteiger partial charge in [0.2, 0.25) is 5.75 Å². The minimum Gasteiger partial charge on any atom is -0.490 e. The molecule has 0 bridgehead atoms. The number of aliphatic carboxylic acids is 1. The van der Waals surface area contributed by atoms with E-state index in [0.29, 0.717) is 56.9 Å². The van der Waals surface area contributed by atoms with Crippen molar-refractivity contribution < 1.29 is 57.5 Å². The van der Waals surface area contributed by atoms with Crippen LogP contribution in [0.1, 0.15) is 191 Å². The summed E-state index contributed by atoms with van der Waals surface area (Å²) >= 11 is 0. The molecule has 0 aliphatic carbocycles. The number of hydrogen-bond acceptors (Lipinski definition) is 11. The number of nitrogens with one attached hydrogen (secondary N) is 1. The van der Waals surface area contributed by atoms with Crippen LogP contribution in [0.2, 0.25) is 0 Å². The number of hydrogen-bond donors (Lipinski definition) is 2. The SMILES string of the molecule is C=CC(=O)OCCCCCCCCCCCOc1cc(C(=O)N[C@@H](C)C(=O)O)cc(OCCCCCCCCCCCOC(=O)C=C)c1OCCCCCCCCCCCOC(=O)C=C. The van der Waals surface area contributed by atoms with Gasteiger partial charge in [-0.05, 0) is 57.6 Å². The highest BCUT2D eigenvalue weighted by atomic mass is 16.5. The van der Waals surface area contributed by atoms with Crippen molar-refractivity contribution >= 4 is 29.8 Å². The number of rotatable bonds is 45. The van der Waals surface area contributed by atoms with Crippen molar-refractivity contribution in [1.29, 1.82) is 0 Å². The normalized spacial score (nSPS) is 11.2. The molecule has 0 unspecified atom stereocenters. The number of benzene rings is 1. The summed E-state index contributed by atoms with van der Waals surface area (Å²) in [4.78, 5) is 58.4. The summed E-state index contributed by atoms with van der Waals surface area (Å²) in [7, 11) is 0. The predicted molar refractivity (Wildman–Crippen MR) is 256 cm³/mol. The number of carbonyl (C=O) groups excluding carboxylic acids is 4. The first-order chi connectivity index (χ1) is 31.6. The van der Waals surface area contributed by atoms with Gasteiger partial charge in [-0.3, -0.25) is 9.59 Å². The molecule has 65 heavy (non-hydrogen) atoms. The number of carboxylic acids is 1. The Morgan fingerprint density at radius 2 is 0.723 bits per heavy atom. The highest BCUT2D eigenvalue weighted by molar-refractivity contribution is 5.97. The Labute approximate surface area is 390 Å². The van der Waals surface area contributed by atoms with Gasteiger partial charge in [-0.1, -0.05) is 155 Å². The minimum atomic E-state index is -1.13. The molecular weight excluding hydrogens is 831 g/mol. The number of carboxylic acid groups (broad SMARTS) is 1. The lowest BCUT2D eigenvalue weighted by Crippen LogP contribution is -2.38. The Morgan fingerprint density at radius 3 is 1.00 bits per heavy atom. The fourth-order valence-electron chi connectivity index (χ4n) is 6.96. The van der Waals surface area contributed by atoms with Crippen LogP contribution in [0.4, 0.5) is 0 Å². The van der Waals surface area contributed by atoms with Crippen LogP contribution in [-0.4, -0.2) is 80.6 Å². The number of carbonyl (C=O) groups is 5. The van der Waals surface area contributed by atoms with E-state index in [-0.39, 0.29) is 23.5 Å². The molecule has 1 atom stereocenters. The van der Waals surface area contributed by atoms with E-state index in [1.165, 1.54) is 25.2 Å². The predicted octanol–water partition coefficient (Wildman–Crippen LogP) is 11.7. The number of amides is 1. The maximum absolute atomic E-state index is 13.3. The molecule has 0 heterocycles. The second-order valence-corrected chi connectivity index (χ2v) is 16.5. The first kappa shape index (κ1) is 58.2. The highest BCUT2D eigenvalue weighted by Crippen LogP contribution is 2.40. The van der Waals surface area contributed by atoms with Crippen molar-refractivity contribution in [3.63, 3.8) is 0 Å². The molecule has 1 amide bonds. The molecule has 0 fully saturated rings. The first-order valence-corrected chi connectivity index (χ1v) is 24.6. The molecule has 0 saturated heterocycles. The lowest BCUT2D eigenvalue weighted by Gasteiger charge is -2.19. The summed E-state index contributed by atoms with van der Waals surface area (Å²) in [5.74, 6) is -1.51. The van der Waals surface area contributed by atoms with E-state index in [0.717, 1.165) is 173 Å². The van der Waals surface area contributed by atoms with Crippen LogP contribution < -0.4 is 19.5 Å². The molecule has 0 saturated carbocycles. The summed E-state index contributed by atoms with van der Waals surface area (Å²) < 4.78 is 34.2. The first-order valence-electron chi connectivity index (χ1n) is 24.6. The molecule has 368 valence electrons. The third kappa shape index (κ3) is 32.5. The highest BCUT2D eigenvalue weighted by Gasteiger charge is 2.22. The van der Waals surface area contributed by atoms with Crippen molar-refractivity contribution in [1.82, 2.24) is 5.32 Å². The van der Waals surface area contributed by atoms with E-state index in [4.69, 9.17) is 28.4 Å². The van der Waals surface area contributed by atoms with E-state index < -0.39 is 17.9 Å². The molecule has 0 radical (unpaired) electrons. The largest absolute Gasteiger partial charge is 0.490 e. The van der Waals surface area contributed by atoms with Crippen LogP contribution in [0.15, 0.2) is 50.1 Å². The average Bonchev–Trinajstić information content (AvgIpc) is 3.30. The zero-order chi connectivity index (χ0) is 47.6. The number of esters is 3. The van der Waals surface area contributed by atoms with Crippen LogP contribution in [0.25, 0.3) is 0 Å². The third-order valence-electron chi connectivity index (χ3n) is 10.9. The molecule has 1 rings (SSSR count). The molecular formula is C52H83NO12. The van der Waals surface area contributed by atoms with E-state index in [9.17, 15) is 29.1 Å². The standard InChI is InChI=1S/C52H83NO12/c1-5-47(54)62-37-31-25-19-13-8-11-17-23-29-35-60-45-41-44(51(57)53-43(4)52(58)59)42-46(61-36-30-24-18-12-9-14-20-26-32-38-63-48(55)6-2)50(45)65-40-34-28-22-16-10-15-21-27-33-39-64-49(56)7-3/h5-7,41-43H,1-3,8-40H2,4H3,(H,53,57)(H,58,59)/t43-/m0/s1. The van der Waals surface area contributed by atoms with Gasteiger partial charge >= 0.3 is 23.9 Å². The Balaban J connectivity index is 2.78. The van der Waals surface area contributed by atoms with Crippen LogP contribution in [0, 0.1) is 0 Å². The fraction of sp³-hybridized carbons (Fsp3) is 0.673. The Bertz CT molecular complexity index is 1430. The van der Waals surface area contributed by atoms with Crippen molar-refractivity contribution in [2.24, 2.45) is 0 Å². The van der Waals surface area contributed by atoms with Gasteiger partial charge in [0.1, 0.15) is 6.04 Å². The van der Waals surface area contributed by atoms with Gasteiger partial charge in [0.15, 0.2) is 11.5 Å². The van der Waals surface area contributed by atoms with E-state index >= 15 is 0 Å². The van der Waals surface area contributed by atoms with Crippen molar-refractivity contribution in [3.8, 4) is 17.2 Å². The molecule has 13 nitrogen and oxygen atoms in total. The van der Waals surface area contributed by atoms with Crippen LogP contribution >= 0.6 is 0 Å². The molecule has 1 aromatic carbocycles. The summed E-state index contributed by atoms with van der Waals surface area (Å²) in [6.07, 6.45) is 31.6. The summed E-state index contributed by atoms with van der Waals surface area (Å²) in [5.41, 5.74) is 0.242. The lowest BCUT2D eigenvalue weighted by atomic mass is 10.1. The smallest absolute Gasteiger partial charge is 0.330 e. The fourth-order valence-corrected chi connectivity index (χ4v) is 6.96. The van der Waals surface area contributed by atoms with Crippen molar-refractivity contribution in [2.45, 2.75) is 186 Å². The van der Waals surface area contributed by atoms with E-state index in [2.05, 4.69) is 25.1 Å². The second kappa shape index (κ2) is 40.7. The van der Waals surface area contributed by atoms with Crippen LogP contribution in [-0.2, 0) is 33.4 Å². The Morgan fingerprint density at radius 1 is 0.462 bits per heavy atom. The molecule has 0 aromatic heterocycles. The zero-order valence-corrected chi connectivity index (χ0v) is 39.9. The van der Waals surface area contributed by atoms with Crippen molar-refractivity contribution in [3.05, 3.63) is 55.7 Å². The zero-order valence-electron chi connectivity index (χ0n) is 39.9. The maximum Gasteiger partial charge on any atom is 0.330 e. The average molecular weight is 914 g/mol. The summed E-state index contributed by atoms with van der Waals surface area (Å²) in [5, 5.41) is 12.0. The second-order valence-electron chi connectivity index (χ2n) is 16.5. The number of ether oxygens (including phenoxy) is 6. The summed E-state index contributed by atoms with van der Waals surface area (Å²) in [6.45, 7) is 14.3. The van der Waals surface area contributed by atoms with E-state index in [1.807, 2.05) is 0 Å². The Kier molecular flexibility index (Phi) is 36.4. The van der Waals surface area contributed by atoms with Gasteiger partial charge in [-0.2, -0.15) is 0 Å². The van der Waals surface area contributed by atoms with Gasteiger partial charge < -0.3 is 38.8 Å². The minimum absolute atomic E-state index is 0.242. The molecule has 2 N–H and O–H groups in total. The lowest BCUT2D eigenvalue weighted by molar-refractivity contribution is -0.139. The third-order valence-corrected chi connectivity index (χ3v) is 10.9. The molecule has 1 aromatic rings. The monoisotopic (exact) mass is 914 g/mol.